The fraction of sp³-hybridized carbons (Fsp3) is 0.652. The number of hydrogen-bond acceptors (Lipinski definition) is 2. The third kappa shape index (κ3) is 4.36. The first kappa shape index (κ1) is 19.9. The molecule has 0 bridgehead atoms. The largest absolute Gasteiger partial charge is 0.339 e. The molecular weight excluding hydrogens is 336 g/mol. The Balaban J connectivity index is 1.75. The summed E-state index contributed by atoms with van der Waals surface area (Å²) in [6.07, 6.45) is 6.20. The lowest BCUT2D eigenvalue weighted by Crippen LogP contribution is -2.38. The fourth-order valence-electron chi connectivity index (χ4n) is 4.57. The second-order valence-electron chi connectivity index (χ2n) is 8.85. The molecule has 1 saturated heterocycles. The summed E-state index contributed by atoms with van der Waals surface area (Å²) in [4.78, 5) is 27.6. The van der Waals surface area contributed by atoms with Crippen LogP contribution in [-0.4, -0.2) is 29.3 Å². The van der Waals surface area contributed by atoms with Crippen LogP contribution in [-0.2, 0) is 9.59 Å². The topological polar surface area (TPSA) is 49.4 Å². The number of rotatable bonds is 5. The molecule has 1 heterocycles. The predicted molar refractivity (Wildman–Crippen MR) is 110 cm³/mol. The van der Waals surface area contributed by atoms with Crippen LogP contribution >= 0.6 is 0 Å². The van der Waals surface area contributed by atoms with Gasteiger partial charge in [-0.1, -0.05) is 65.2 Å². The summed E-state index contributed by atoms with van der Waals surface area (Å²) in [5.41, 5.74) is 3.29. The van der Waals surface area contributed by atoms with E-state index in [1.165, 1.54) is 30.4 Å². The molecule has 2 fully saturated rings. The van der Waals surface area contributed by atoms with Crippen LogP contribution in [0, 0.1) is 5.92 Å². The molecule has 0 aromatic heterocycles. The number of benzene rings is 1. The van der Waals surface area contributed by atoms with Crippen LogP contribution in [0.3, 0.4) is 0 Å². The highest BCUT2D eigenvalue weighted by Gasteiger charge is 2.38. The van der Waals surface area contributed by atoms with E-state index in [1.807, 2.05) is 4.90 Å². The van der Waals surface area contributed by atoms with Gasteiger partial charge in [0, 0.05) is 24.7 Å². The first-order chi connectivity index (χ1) is 12.9. The third-order valence-electron chi connectivity index (χ3n) is 6.17. The highest BCUT2D eigenvalue weighted by molar-refractivity contribution is 5.98. The molecule has 0 spiro atoms. The molecule has 1 aliphatic carbocycles. The normalized spacial score (nSPS) is 21.3. The van der Waals surface area contributed by atoms with E-state index in [2.05, 4.69) is 51.2 Å². The SMILES string of the molecule is CC(C)c1cccc(C(C)C)c1NC(=O)C1CC(=O)N(C2CCCCC2)C1. The zero-order chi connectivity index (χ0) is 19.6. The highest BCUT2D eigenvalue weighted by Crippen LogP contribution is 2.34. The van der Waals surface area contributed by atoms with Crippen molar-refractivity contribution >= 4 is 17.5 Å². The number of anilines is 1. The van der Waals surface area contributed by atoms with Crippen LogP contribution in [0.4, 0.5) is 5.69 Å². The Kier molecular flexibility index (Phi) is 6.23. The Morgan fingerprint density at radius 3 is 2.19 bits per heavy atom. The molecule has 0 radical (unpaired) electrons. The number of nitrogens with zero attached hydrogens (tertiary/aromatic N) is 1. The van der Waals surface area contributed by atoms with Crippen molar-refractivity contribution in [1.29, 1.82) is 0 Å². The van der Waals surface area contributed by atoms with Gasteiger partial charge in [-0.3, -0.25) is 9.59 Å². The van der Waals surface area contributed by atoms with E-state index < -0.39 is 0 Å². The first-order valence-corrected chi connectivity index (χ1v) is 10.6. The van der Waals surface area contributed by atoms with Crippen molar-refractivity contribution in [3.8, 4) is 0 Å². The molecule has 1 aromatic carbocycles. The average molecular weight is 371 g/mol. The molecule has 2 amide bonds. The molecule has 1 aliphatic heterocycles. The second-order valence-corrected chi connectivity index (χ2v) is 8.85. The summed E-state index contributed by atoms with van der Waals surface area (Å²) < 4.78 is 0. The lowest BCUT2D eigenvalue weighted by Gasteiger charge is -2.31. The number of carbonyl (C=O) groups excluding carboxylic acids is 2. The highest BCUT2D eigenvalue weighted by atomic mass is 16.2. The molecular formula is C23H34N2O2. The van der Waals surface area contributed by atoms with Gasteiger partial charge in [0.15, 0.2) is 0 Å². The minimum absolute atomic E-state index is 0.00309. The number of likely N-dealkylation sites (tertiary alicyclic amines) is 1. The second kappa shape index (κ2) is 8.45. The lowest BCUT2D eigenvalue weighted by atomic mass is 9.92. The maximum atomic E-state index is 13.0. The summed E-state index contributed by atoms with van der Waals surface area (Å²) in [5, 5.41) is 3.21. The predicted octanol–water partition coefficient (Wildman–Crippen LogP) is 5.05. The van der Waals surface area contributed by atoms with Gasteiger partial charge in [-0.05, 0) is 35.8 Å². The van der Waals surface area contributed by atoms with Crippen LogP contribution in [0.15, 0.2) is 18.2 Å². The summed E-state index contributed by atoms with van der Waals surface area (Å²) in [7, 11) is 0. The molecule has 1 aromatic rings. The van der Waals surface area contributed by atoms with Gasteiger partial charge < -0.3 is 10.2 Å². The van der Waals surface area contributed by atoms with E-state index in [-0.39, 0.29) is 17.7 Å². The fourth-order valence-corrected chi connectivity index (χ4v) is 4.57. The minimum atomic E-state index is -0.236. The van der Waals surface area contributed by atoms with Gasteiger partial charge in [-0.25, -0.2) is 0 Å². The zero-order valence-corrected chi connectivity index (χ0v) is 17.3. The van der Waals surface area contributed by atoms with Crippen molar-refractivity contribution in [3.05, 3.63) is 29.3 Å². The molecule has 1 saturated carbocycles. The van der Waals surface area contributed by atoms with Gasteiger partial charge in [-0.15, -0.1) is 0 Å². The molecule has 1 atom stereocenters. The van der Waals surface area contributed by atoms with Crippen LogP contribution < -0.4 is 5.32 Å². The summed E-state index contributed by atoms with van der Waals surface area (Å²) in [5.74, 6) is 0.588. The van der Waals surface area contributed by atoms with Gasteiger partial charge in [0.25, 0.3) is 0 Å². The Morgan fingerprint density at radius 2 is 1.63 bits per heavy atom. The summed E-state index contributed by atoms with van der Waals surface area (Å²) in [6, 6.07) is 6.61. The monoisotopic (exact) mass is 370 g/mol. The molecule has 3 rings (SSSR count). The Bertz CT molecular complexity index is 663. The van der Waals surface area contributed by atoms with Gasteiger partial charge in [-0.2, -0.15) is 0 Å². The van der Waals surface area contributed by atoms with Crippen molar-refractivity contribution < 1.29 is 9.59 Å². The van der Waals surface area contributed by atoms with Crippen LogP contribution in [0.5, 0.6) is 0 Å². The van der Waals surface area contributed by atoms with Crippen LogP contribution in [0.25, 0.3) is 0 Å². The maximum Gasteiger partial charge on any atom is 0.229 e. The van der Waals surface area contributed by atoms with Gasteiger partial charge in [0.2, 0.25) is 11.8 Å². The third-order valence-corrected chi connectivity index (χ3v) is 6.17. The first-order valence-electron chi connectivity index (χ1n) is 10.6. The molecule has 4 nitrogen and oxygen atoms in total. The average Bonchev–Trinajstić information content (AvgIpc) is 3.04. The number of nitrogens with one attached hydrogen (secondary N) is 1. The van der Waals surface area contributed by atoms with E-state index >= 15 is 0 Å². The standard InChI is InChI=1S/C23H34N2O2/c1-15(2)19-11-8-12-20(16(3)4)22(19)24-23(27)17-13-21(26)25(14-17)18-9-6-5-7-10-18/h8,11-12,15-18H,5-7,9-10,13-14H2,1-4H3,(H,24,27). The van der Waals surface area contributed by atoms with Gasteiger partial charge in [0.05, 0.1) is 5.92 Å². The molecule has 1 N–H and O–H groups in total. The number of amides is 2. The van der Waals surface area contributed by atoms with E-state index in [9.17, 15) is 9.59 Å². The van der Waals surface area contributed by atoms with Crippen LogP contribution in [0.1, 0.15) is 89.2 Å². The zero-order valence-electron chi connectivity index (χ0n) is 17.3. The van der Waals surface area contributed by atoms with E-state index in [4.69, 9.17) is 0 Å². The molecule has 2 aliphatic rings. The van der Waals surface area contributed by atoms with Crippen molar-refractivity contribution in [3.63, 3.8) is 0 Å². The molecule has 27 heavy (non-hydrogen) atoms. The molecule has 148 valence electrons. The number of carbonyl (C=O) groups is 2. The maximum absolute atomic E-state index is 13.0. The molecule has 1 unspecified atom stereocenters. The smallest absolute Gasteiger partial charge is 0.229 e. The number of para-hydroxylation sites is 1. The van der Waals surface area contributed by atoms with Crippen molar-refractivity contribution in [1.82, 2.24) is 4.90 Å². The van der Waals surface area contributed by atoms with Crippen molar-refractivity contribution in [2.24, 2.45) is 5.92 Å². The van der Waals surface area contributed by atoms with Gasteiger partial charge in [0.1, 0.15) is 0 Å². The Hall–Kier alpha value is -1.84. The van der Waals surface area contributed by atoms with Crippen molar-refractivity contribution in [2.75, 3.05) is 11.9 Å². The minimum Gasteiger partial charge on any atom is -0.339 e. The number of hydrogen-bond donors (Lipinski definition) is 1. The van der Waals surface area contributed by atoms with Crippen molar-refractivity contribution in [2.45, 2.75) is 84.1 Å². The van der Waals surface area contributed by atoms with Crippen LogP contribution in [0.2, 0.25) is 0 Å². The Labute approximate surface area is 163 Å². The quantitative estimate of drug-likeness (QED) is 0.788. The lowest BCUT2D eigenvalue weighted by molar-refractivity contribution is -0.130. The van der Waals surface area contributed by atoms with Gasteiger partial charge >= 0.3 is 0 Å². The van der Waals surface area contributed by atoms with E-state index in [0.717, 1.165) is 18.5 Å². The van der Waals surface area contributed by atoms with E-state index in [1.54, 1.807) is 0 Å². The summed E-state index contributed by atoms with van der Waals surface area (Å²) >= 11 is 0. The Morgan fingerprint density at radius 1 is 1.04 bits per heavy atom. The summed E-state index contributed by atoms with van der Waals surface area (Å²) in [6.45, 7) is 9.19. The molecule has 4 heteroatoms. The van der Waals surface area contributed by atoms with E-state index in [0.29, 0.717) is 30.8 Å².